The van der Waals surface area contributed by atoms with Crippen molar-refractivity contribution in [1.82, 2.24) is 10.6 Å². The number of rotatable bonds is 3. The minimum atomic E-state index is -0.0302. The average Bonchev–Trinajstić information content (AvgIpc) is 2.61. The number of ether oxygens (including phenoxy) is 1. The molecule has 1 amide bonds. The van der Waals surface area contributed by atoms with Crippen LogP contribution in [-0.4, -0.2) is 38.3 Å². The molecule has 4 rings (SSSR count). The van der Waals surface area contributed by atoms with Crippen LogP contribution in [0.2, 0.25) is 0 Å². The van der Waals surface area contributed by atoms with E-state index in [2.05, 4.69) is 41.0 Å². The number of nitrogens with one attached hydrogen (secondary N) is 2. The molecule has 2 aliphatic rings. The van der Waals surface area contributed by atoms with Crippen molar-refractivity contribution in [2.75, 3.05) is 26.2 Å². The number of benzene rings is 2. The fourth-order valence-electron chi connectivity index (χ4n) is 3.38. The molecular weight excluding hydrogens is 288 g/mol. The maximum absolute atomic E-state index is 12.6. The molecule has 0 bridgehead atoms. The van der Waals surface area contributed by atoms with Gasteiger partial charge in [-0.2, -0.15) is 0 Å². The number of allylic oxidation sites excluding steroid dienone is 1. The lowest BCUT2D eigenvalue weighted by molar-refractivity contribution is 0.0287. The Labute approximate surface area is 135 Å². The first kappa shape index (κ1) is 14.4. The zero-order valence-electron chi connectivity index (χ0n) is 13.0. The van der Waals surface area contributed by atoms with Gasteiger partial charge in [-0.05, 0) is 34.4 Å². The van der Waals surface area contributed by atoms with Crippen LogP contribution in [0.1, 0.15) is 21.5 Å². The van der Waals surface area contributed by atoms with Crippen molar-refractivity contribution in [2.45, 2.75) is 12.5 Å². The van der Waals surface area contributed by atoms with Crippen molar-refractivity contribution in [2.24, 2.45) is 0 Å². The predicted molar refractivity (Wildman–Crippen MR) is 91.6 cm³/mol. The first-order chi connectivity index (χ1) is 11.3. The molecule has 1 unspecified atom stereocenters. The molecule has 23 heavy (non-hydrogen) atoms. The van der Waals surface area contributed by atoms with Crippen molar-refractivity contribution >= 4 is 22.8 Å². The normalized spacial score (nSPS) is 19.7. The molecule has 0 aromatic heterocycles. The van der Waals surface area contributed by atoms with Gasteiger partial charge >= 0.3 is 0 Å². The quantitative estimate of drug-likeness (QED) is 0.913. The van der Waals surface area contributed by atoms with Gasteiger partial charge < -0.3 is 15.4 Å². The molecule has 4 heteroatoms. The monoisotopic (exact) mass is 308 g/mol. The molecular formula is C19H20N2O2. The van der Waals surface area contributed by atoms with Gasteiger partial charge in [-0.3, -0.25) is 4.79 Å². The van der Waals surface area contributed by atoms with Crippen LogP contribution in [0, 0.1) is 0 Å². The Kier molecular flexibility index (Phi) is 3.85. The standard InChI is InChI=1S/C19H20N2O2/c22-19(21-12-15-11-20-9-10-23-15)17-8-7-14-4-1-3-13-5-2-6-16(17)18(13)14/h1-4,6-8,15,20H,5,9-12H2,(H,21,22). The first-order valence-corrected chi connectivity index (χ1v) is 8.14. The summed E-state index contributed by atoms with van der Waals surface area (Å²) in [7, 11) is 0. The highest BCUT2D eigenvalue weighted by Crippen LogP contribution is 2.31. The lowest BCUT2D eigenvalue weighted by Gasteiger charge is -2.24. The van der Waals surface area contributed by atoms with E-state index >= 15 is 0 Å². The van der Waals surface area contributed by atoms with Crippen LogP contribution in [0.25, 0.3) is 16.8 Å². The topological polar surface area (TPSA) is 50.4 Å². The van der Waals surface area contributed by atoms with Gasteiger partial charge in [0.1, 0.15) is 0 Å². The van der Waals surface area contributed by atoms with E-state index < -0.39 is 0 Å². The molecule has 2 aromatic rings. The van der Waals surface area contributed by atoms with E-state index in [0.29, 0.717) is 13.2 Å². The van der Waals surface area contributed by atoms with E-state index in [4.69, 9.17) is 4.74 Å². The van der Waals surface area contributed by atoms with Crippen molar-refractivity contribution in [3.63, 3.8) is 0 Å². The summed E-state index contributed by atoms with van der Waals surface area (Å²) in [5.41, 5.74) is 3.06. The van der Waals surface area contributed by atoms with E-state index in [1.165, 1.54) is 16.3 Å². The second kappa shape index (κ2) is 6.14. The molecule has 1 fully saturated rings. The van der Waals surface area contributed by atoms with Crippen molar-refractivity contribution in [1.29, 1.82) is 0 Å². The third kappa shape index (κ3) is 2.76. The summed E-state index contributed by atoms with van der Waals surface area (Å²) >= 11 is 0. The fourth-order valence-corrected chi connectivity index (χ4v) is 3.38. The van der Waals surface area contributed by atoms with Crippen LogP contribution in [0.5, 0.6) is 0 Å². The van der Waals surface area contributed by atoms with Gasteiger partial charge in [0, 0.05) is 25.2 Å². The predicted octanol–water partition coefficient (Wildman–Crippen LogP) is 2.13. The molecule has 118 valence electrons. The van der Waals surface area contributed by atoms with Gasteiger partial charge in [0.15, 0.2) is 0 Å². The van der Waals surface area contributed by atoms with Crippen LogP contribution in [-0.2, 0) is 11.2 Å². The first-order valence-electron chi connectivity index (χ1n) is 8.14. The van der Waals surface area contributed by atoms with E-state index in [-0.39, 0.29) is 12.0 Å². The summed E-state index contributed by atoms with van der Waals surface area (Å²) in [5.74, 6) is -0.0302. The Morgan fingerprint density at radius 1 is 1.30 bits per heavy atom. The maximum Gasteiger partial charge on any atom is 0.252 e. The molecule has 1 aliphatic heterocycles. The summed E-state index contributed by atoms with van der Waals surface area (Å²) in [6.45, 7) is 2.91. The Morgan fingerprint density at radius 2 is 2.26 bits per heavy atom. The largest absolute Gasteiger partial charge is 0.374 e. The number of hydrogen-bond acceptors (Lipinski definition) is 3. The van der Waals surface area contributed by atoms with Crippen LogP contribution in [0.4, 0.5) is 0 Å². The summed E-state index contributed by atoms with van der Waals surface area (Å²) in [6.07, 6.45) is 5.18. The average molecular weight is 308 g/mol. The number of morpholine rings is 1. The zero-order chi connectivity index (χ0) is 15.6. The smallest absolute Gasteiger partial charge is 0.252 e. The molecule has 1 saturated heterocycles. The molecule has 2 aromatic carbocycles. The summed E-state index contributed by atoms with van der Waals surface area (Å²) in [5, 5.41) is 8.69. The number of carbonyl (C=O) groups excluding carboxylic acids is 1. The van der Waals surface area contributed by atoms with Gasteiger partial charge in [0.05, 0.1) is 12.7 Å². The SMILES string of the molecule is O=C(NCC1CNCCO1)c1ccc2cccc3c2c1C=CC3. The molecule has 0 saturated carbocycles. The zero-order valence-corrected chi connectivity index (χ0v) is 13.0. The third-order valence-electron chi connectivity index (χ3n) is 4.53. The molecule has 1 heterocycles. The highest BCUT2D eigenvalue weighted by atomic mass is 16.5. The minimum Gasteiger partial charge on any atom is -0.374 e. The molecule has 0 spiro atoms. The highest BCUT2D eigenvalue weighted by Gasteiger charge is 2.19. The number of carbonyl (C=O) groups is 1. The lowest BCUT2D eigenvalue weighted by Crippen LogP contribution is -2.45. The Hall–Kier alpha value is -2.17. The maximum atomic E-state index is 12.6. The molecule has 1 aliphatic carbocycles. The summed E-state index contributed by atoms with van der Waals surface area (Å²) in [6, 6.07) is 10.3. The van der Waals surface area contributed by atoms with Crippen LogP contribution in [0.3, 0.4) is 0 Å². The number of amides is 1. The van der Waals surface area contributed by atoms with Crippen molar-refractivity contribution < 1.29 is 9.53 Å². The van der Waals surface area contributed by atoms with Crippen LogP contribution in [0.15, 0.2) is 36.4 Å². The second-order valence-electron chi connectivity index (χ2n) is 6.06. The van der Waals surface area contributed by atoms with E-state index in [1.807, 2.05) is 12.1 Å². The van der Waals surface area contributed by atoms with Crippen LogP contribution < -0.4 is 10.6 Å². The lowest BCUT2D eigenvalue weighted by atomic mass is 9.90. The molecule has 2 N–H and O–H groups in total. The van der Waals surface area contributed by atoms with Gasteiger partial charge in [-0.15, -0.1) is 0 Å². The summed E-state index contributed by atoms with van der Waals surface area (Å²) in [4.78, 5) is 12.6. The molecule has 1 atom stereocenters. The number of hydrogen-bond donors (Lipinski definition) is 2. The fraction of sp³-hybridized carbons (Fsp3) is 0.316. The molecule has 4 nitrogen and oxygen atoms in total. The third-order valence-corrected chi connectivity index (χ3v) is 4.53. The van der Waals surface area contributed by atoms with Crippen molar-refractivity contribution in [3.05, 3.63) is 53.1 Å². The van der Waals surface area contributed by atoms with Gasteiger partial charge in [0.25, 0.3) is 5.91 Å². The highest BCUT2D eigenvalue weighted by molar-refractivity contribution is 6.06. The van der Waals surface area contributed by atoms with Gasteiger partial charge in [-0.1, -0.05) is 36.4 Å². The van der Waals surface area contributed by atoms with Gasteiger partial charge in [-0.25, -0.2) is 0 Å². The van der Waals surface area contributed by atoms with E-state index in [9.17, 15) is 4.79 Å². The Morgan fingerprint density at radius 3 is 3.13 bits per heavy atom. The van der Waals surface area contributed by atoms with Crippen molar-refractivity contribution in [3.8, 4) is 0 Å². The van der Waals surface area contributed by atoms with Crippen LogP contribution >= 0.6 is 0 Å². The Balaban J connectivity index is 1.60. The summed E-state index contributed by atoms with van der Waals surface area (Å²) < 4.78 is 5.63. The minimum absolute atomic E-state index is 0.0302. The second-order valence-corrected chi connectivity index (χ2v) is 6.06. The van der Waals surface area contributed by atoms with E-state index in [1.54, 1.807) is 0 Å². The Bertz CT molecular complexity index is 776. The van der Waals surface area contributed by atoms with Gasteiger partial charge in [0.2, 0.25) is 0 Å². The van der Waals surface area contributed by atoms with E-state index in [0.717, 1.165) is 30.6 Å². The molecule has 0 radical (unpaired) electrons.